The van der Waals surface area contributed by atoms with Crippen molar-refractivity contribution in [3.8, 4) is 11.5 Å². The van der Waals surface area contributed by atoms with Crippen LogP contribution >= 0.6 is 0 Å². The summed E-state index contributed by atoms with van der Waals surface area (Å²) in [6, 6.07) is 71.6. The van der Waals surface area contributed by atoms with Crippen molar-refractivity contribution < 1.29 is 9.47 Å². The molecule has 8 aromatic rings. The third kappa shape index (κ3) is 18.5. The molecule has 0 spiro atoms. The summed E-state index contributed by atoms with van der Waals surface area (Å²) >= 11 is 0. The summed E-state index contributed by atoms with van der Waals surface area (Å²) in [4.78, 5) is 23.6. The molecule has 0 fully saturated rings. The molecule has 4 heterocycles. The molecule has 4 bridgehead atoms. The molecule has 0 amide bonds. The van der Waals surface area contributed by atoms with Gasteiger partial charge in [-0.3, -0.25) is 34.5 Å². The predicted molar refractivity (Wildman–Crippen MR) is 319 cm³/mol. The van der Waals surface area contributed by atoms with Crippen molar-refractivity contribution in [3.05, 3.63) is 262 Å². The van der Waals surface area contributed by atoms with E-state index in [4.69, 9.17) is 19.4 Å². The van der Waals surface area contributed by atoms with Crippen molar-refractivity contribution in [2.45, 2.75) is 97.8 Å². The Bertz CT molecular complexity index is 2870. The van der Waals surface area contributed by atoms with Crippen LogP contribution in [0.1, 0.15) is 87.4 Å². The molecule has 0 atom stereocenters. The maximum atomic E-state index is 6.81. The molecular formula is C69H80N8O2. The minimum absolute atomic E-state index is 0.434. The third-order valence-corrected chi connectivity index (χ3v) is 15.0. The molecule has 2 aromatic heterocycles. The standard InChI is InChI=1S/C69H80N8O2/c1-6-21-57(22-7-1)46-73-37-19-39-76(49-60-27-12-4-13-28-60)53-66-44-69(45-67(72-66)54-77(40-20-38-73)50-61-29-14-5-15-30-61)79-56-63-32-16-31-62(41-63)55-78-68-42-64-51-74(47-58-23-8-2-9-24-58)35-17-33-70-34-18-36-75(52-65(43-68)71-64)48-59-25-10-3-11-26-59/h1-16,21-32,41-45,70H,17-20,33-40,46-56H2. The van der Waals surface area contributed by atoms with Gasteiger partial charge in [-0.05, 0) is 96.9 Å². The van der Waals surface area contributed by atoms with Crippen LogP contribution in [0, 0.1) is 0 Å². The second-order valence-electron chi connectivity index (χ2n) is 21.7. The maximum Gasteiger partial charge on any atom is 0.123 e. The molecule has 0 saturated carbocycles. The lowest BCUT2D eigenvalue weighted by molar-refractivity contribution is 0.188. The topological polar surface area (TPSA) is 72.5 Å². The summed E-state index contributed by atoms with van der Waals surface area (Å²) in [5, 5.41) is 3.72. The number of aromatic nitrogens is 2. The zero-order chi connectivity index (χ0) is 53.5. The smallest absolute Gasteiger partial charge is 0.123 e. The fraction of sp³-hybridized carbons (Fsp3) is 0.333. The molecule has 10 rings (SSSR count). The SMILES string of the molecule is c1ccc(CN2CCCN(Cc3ccccc3)Cc3cc(OCc4cccc(COc5cc6nc(c5)CN(Cc5ccccc5)CCCNCCCN(Cc5ccccc5)C6)c4)cc(n3)CN(Cc3ccccc3)CCC2)cc1. The minimum Gasteiger partial charge on any atom is -0.489 e. The fourth-order valence-electron chi connectivity index (χ4n) is 11.1. The molecule has 79 heavy (non-hydrogen) atoms. The van der Waals surface area contributed by atoms with E-state index >= 15 is 0 Å². The van der Waals surface area contributed by atoms with Crippen LogP contribution in [0.2, 0.25) is 0 Å². The van der Waals surface area contributed by atoms with Gasteiger partial charge in [-0.2, -0.15) is 0 Å². The largest absolute Gasteiger partial charge is 0.489 e. The number of hydrogen-bond donors (Lipinski definition) is 1. The van der Waals surface area contributed by atoms with Gasteiger partial charge in [0.25, 0.3) is 0 Å². The molecule has 0 saturated heterocycles. The van der Waals surface area contributed by atoms with E-state index in [1.807, 2.05) is 0 Å². The second kappa shape index (κ2) is 29.8. The van der Waals surface area contributed by atoms with E-state index in [1.54, 1.807) is 0 Å². The lowest BCUT2D eigenvalue weighted by atomic mass is 10.1. The highest BCUT2D eigenvalue weighted by molar-refractivity contribution is 5.32. The van der Waals surface area contributed by atoms with Crippen LogP contribution in [-0.2, 0) is 72.1 Å². The van der Waals surface area contributed by atoms with Crippen LogP contribution in [0.15, 0.2) is 200 Å². The molecule has 10 nitrogen and oxygen atoms in total. The van der Waals surface area contributed by atoms with Crippen molar-refractivity contribution in [2.75, 3.05) is 52.4 Å². The van der Waals surface area contributed by atoms with E-state index < -0.39 is 0 Å². The van der Waals surface area contributed by atoms with Gasteiger partial charge in [-0.1, -0.05) is 170 Å². The molecule has 0 aliphatic carbocycles. The summed E-state index contributed by atoms with van der Waals surface area (Å²) in [5.74, 6) is 1.70. The molecule has 0 unspecified atom stereocenters. The third-order valence-electron chi connectivity index (χ3n) is 15.0. The van der Waals surface area contributed by atoms with Crippen LogP contribution < -0.4 is 14.8 Å². The van der Waals surface area contributed by atoms with Crippen molar-refractivity contribution >= 4 is 0 Å². The Morgan fingerprint density at radius 2 is 0.582 bits per heavy atom. The fourth-order valence-corrected chi connectivity index (χ4v) is 11.1. The number of fused-ring (bicyclic) bond motifs is 4. The molecular weight excluding hydrogens is 973 g/mol. The molecule has 1 N–H and O–H groups in total. The van der Waals surface area contributed by atoms with Crippen molar-refractivity contribution in [1.82, 2.24) is 39.8 Å². The minimum atomic E-state index is 0.434. The van der Waals surface area contributed by atoms with E-state index in [1.165, 1.54) is 27.8 Å². The average molecular weight is 1050 g/mol. The first kappa shape index (κ1) is 55.3. The number of nitrogens with zero attached hydrogens (tertiary/aromatic N) is 7. The van der Waals surface area contributed by atoms with Crippen LogP contribution in [0.4, 0.5) is 0 Å². The highest BCUT2D eigenvalue weighted by atomic mass is 16.5. The van der Waals surface area contributed by atoms with Gasteiger partial charge in [-0.15, -0.1) is 0 Å². The molecule has 408 valence electrons. The summed E-state index contributed by atoms with van der Waals surface area (Å²) in [5.41, 5.74) is 12.9. The Kier molecular flexibility index (Phi) is 20.9. The summed E-state index contributed by atoms with van der Waals surface area (Å²) in [6.07, 6.45) is 4.28. The van der Waals surface area contributed by atoms with Crippen LogP contribution in [0.5, 0.6) is 11.5 Å². The quantitative estimate of drug-likeness (QED) is 0.101. The number of ether oxygens (including phenoxy) is 2. The van der Waals surface area contributed by atoms with E-state index in [2.05, 4.69) is 230 Å². The van der Waals surface area contributed by atoms with E-state index in [9.17, 15) is 0 Å². The zero-order valence-corrected chi connectivity index (χ0v) is 46.3. The van der Waals surface area contributed by atoms with Crippen LogP contribution in [0.3, 0.4) is 0 Å². The van der Waals surface area contributed by atoms with E-state index in [0.717, 1.165) is 182 Å². The van der Waals surface area contributed by atoms with Crippen molar-refractivity contribution in [3.63, 3.8) is 0 Å². The maximum absolute atomic E-state index is 6.81. The summed E-state index contributed by atoms with van der Waals surface area (Å²) < 4.78 is 13.6. The first-order valence-corrected chi connectivity index (χ1v) is 28.9. The zero-order valence-electron chi connectivity index (χ0n) is 46.3. The molecule has 10 heteroatoms. The Balaban J connectivity index is 0.864. The Labute approximate surface area is 470 Å². The van der Waals surface area contributed by atoms with Gasteiger partial charge >= 0.3 is 0 Å². The summed E-state index contributed by atoms with van der Waals surface area (Å²) in [7, 11) is 0. The predicted octanol–water partition coefficient (Wildman–Crippen LogP) is 12.3. The Morgan fingerprint density at radius 3 is 0.911 bits per heavy atom. The first-order chi connectivity index (χ1) is 39.0. The van der Waals surface area contributed by atoms with E-state index in [-0.39, 0.29) is 0 Å². The molecule has 2 aliphatic heterocycles. The van der Waals surface area contributed by atoms with Gasteiger partial charge in [0.1, 0.15) is 24.7 Å². The Morgan fingerprint density at radius 1 is 0.304 bits per heavy atom. The Hall–Kier alpha value is -7.02. The highest BCUT2D eigenvalue weighted by Crippen LogP contribution is 2.25. The number of rotatable bonds is 16. The normalized spacial score (nSPS) is 16.4. The van der Waals surface area contributed by atoms with Gasteiger partial charge in [0.2, 0.25) is 0 Å². The second-order valence-corrected chi connectivity index (χ2v) is 21.7. The van der Waals surface area contributed by atoms with E-state index in [0.29, 0.717) is 13.2 Å². The lowest BCUT2D eigenvalue weighted by Crippen LogP contribution is -2.33. The highest BCUT2D eigenvalue weighted by Gasteiger charge is 2.19. The first-order valence-electron chi connectivity index (χ1n) is 28.9. The van der Waals surface area contributed by atoms with Crippen molar-refractivity contribution in [1.29, 1.82) is 0 Å². The number of benzene rings is 6. The number of hydrogen-bond acceptors (Lipinski definition) is 10. The van der Waals surface area contributed by atoms with Gasteiger partial charge < -0.3 is 14.8 Å². The number of pyridine rings is 2. The monoisotopic (exact) mass is 1050 g/mol. The average Bonchev–Trinajstić information content (AvgIpc) is 3.46. The lowest BCUT2D eigenvalue weighted by Gasteiger charge is -2.29. The van der Waals surface area contributed by atoms with Crippen LogP contribution in [-0.4, -0.2) is 86.8 Å². The van der Waals surface area contributed by atoms with Gasteiger partial charge in [0.15, 0.2) is 0 Å². The molecule has 0 radical (unpaired) electrons. The van der Waals surface area contributed by atoms with Gasteiger partial charge in [0, 0.05) is 109 Å². The molecule has 6 aromatic carbocycles. The van der Waals surface area contributed by atoms with Gasteiger partial charge in [-0.25, -0.2) is 0 Å². The molecule has 2 aliphatic rings. The summed E-state index contributed by atoms with van der Waals surface area (Å²) in [6.45, 7) is 16.2. The van der Waals surface area contributed by atoms with Crippen molar-refractivity contribution in [2.24, 2.45) is 0 Å². The van der Waals surface area contributed by atoms with Crippen LogP contribution in [0.25, 0.3) is 0 Å². The van der Waals surface area contributed by atoms with Gasteiger partial charge in [0.05, 0.1) is 22.8 Å². The number of nitrogens with one attached hydrogen (secondary N) is 1.